The first-order valence-electron chi connectivity index (χ1n) is 6.69. The zero-order valence-corrected chi connectivity index (χ0v) is 12.0. The molecule has 1 amide bonds. The minimum absolute atomic E-state index is 0.220. The van der Waals surface area contributed by atoms with E-state index < -0.39 is 0 Å². The lowest BCUT2D eigenvalue weighted by Crippen LogP contribution is -2.41. The molecule has 0 atom stereocenters. The van der Waals surface area contributed by atoms with Gasteiger partial charge in [-0.05, 0) is 39.8 Å². The number of nitrogens with zero attached hydrogens (tertiary/aromatic N) is 2. The summed E-state index contributed by atoms with van der Waals surface area (Å²) in [6.07, 6.45) is 2.19. The average Bonchev–Trinajstić information content (AvgIpc) is 2.26. The van der Waals surface area contributed by atoms with Gasteiger partial charge in [0.05, 0.1) is 6.54 Å². The fourth-order valence-electron chi connectivity index (χ4n) is 1.90. The molecule has 0 saturated heterocycles. The summed E-state index contributed by atoms with van der Waals surface area (Å²) < 4.78 is 0. The van der Waals surface area contributed by atoms with Gasteiger partial charge >= 0.3 is 0 Å². The first kappa shape index (κ1) is 16.2. The smallest absolute Gasteiger partial charge is 0.237 e. The van der Waals surface area contributed by atoms with Crippen LogP contribution in [-0.4, -0.2) is 48.4 Å². The molecule has 0 bridgehead atoms. The normalized spacial score (nSPS) is 10.6. The van der Waals surface area contributed by atoms with Crippen LogP contribution in [0.3, 0.4) is 0 Å². The molecule has 0 aromatic heterocycles. The molecule has 0 aliphatic carbocycles. The molecule has 17 heavy (non-hydrogen) atoms. The SMILES string of the molecule is C=C(C)CN(CC)C(=O)CN(CCC)CCC. The molecular formula is C14H28N2O. The molecule has 0 spiro atoms. The van der Waals surface area contributed by atoms with Crippen LogP contribution in [0.5, 0.6) is 0 Å². The van der Waals surface area contributed by atoms with Crippen LogP contribution in [0.15, 0.2) is 12.2 Å². The second kappa shape index (κ2) is 9.23. The van der Waals surface area contributed by atoms with E-state index in [1.165, 1.54) is 0 Å². The Kier molecular flexibility index (Phi) is 8.78. The van der Waals surface area contributed by atoms with Crippen molar-refractivity contribution in [2.75, 3.05) is 32.7 Å². The van der Waals surface area contributed by atoms with Gasteiger partial charge in [-0.1, -0.05) is 26.0 Å². The Balaban J connectivity index is 4.29. The highest BCUT2D eigenvalue weighted by Gasteiger charge is 2.15. The van der Waals surface area contributed by atoms with Crippen molar-refractivity contribution >= 4 is 5.91 Å². The average molecular weight is 240 g/mol. The third-order valence-electron chi connectivity index (χ3n) is 2.63. The number of hydrogen-bond donors (Lipinski definition) is 0. The van der Waals surface area contributed by atoms with Gasteiger partial charge in [-0.25, -0.2) is 0 Å². The fraction of sp³-hybridized carbons (Fsp3) is 0.786. The summed E-state index contributed by atoms with van der Waals surface area (Å²) in [6.45, 7) is 16.2. The lowest BCUT2D eigenvalue weighted by molar-refractivity contribution is -0.131. The highest BCUT2D eigenvalue weighted by atomic mass is 16.2. The van der Waals surface area contributed by atoms with Crippen molar-refractivity contribution in [1.82, 2.24) is 9.80 Å². The second-order valence-corrected chi connectivity index (χ2v) is 4.64. The van der Waals surface area contributed by atoms with Gasteiger partial charge in [0.1, 0.15) is 0 Å². The molecule has 0 aliphatic heterocycles. The highest BCUT2D eigenvalue weighted by Crippen LogP contribution is 2.00. The molecule has 0 unspecified atom stereocenters. The lowest BCUT2D eigenvalue weighted by Gasteiger charge is -2.26. The predicted octanol–water partition coefficient (Wildman–Crippen LogP) is 2.53. The Morgan fingerprint density at radius 1 is 1.06 bits per heavy atom. The van der Waals surface area contributed by atoms with Crippen LogP contribution in [0.2, 0.25) is 0 Å². The molecule has 3 heteroatoms. The minimum atomic E-state index is 0.220. The van der Waals surface area contributed by atoms with E-state index in [0.29, 0.717) is 13.1 Å². The van der Waals surface area contributed by atoms with Gasteiger partial charge in [-0.3, -0.25) is 9.69 Å². The van der Waals surface area contributed by atoms with Crippen molar-refractivity contribution in [2.45, 2.75) is 40.5 Å². The Bertz CT molecular complexity index is 232. The third-order valence-corrected chi connectivity index (χ3v) is 2.63. The summed E-state index contributed by atoms with van der Waals surface area (Å²) in [5.74, 6) is 0.220. The van der Waals surface area contributed by atoms with E-state index in [-0.39, 0.29) is 5.91 Å². The van der Waals surface area contributed by atoms with Gasteiger partial charge in [-0.15, -0.1) is 0 Å². The third kappa shape index (κ3) is 7.16. The van der Waals surface area contributed by atoms with E-state index in [9.17, 15) is 4.79 Å². The quantitative estimate of drug-likeness (QED) is 0.578. The Morgan fingerprint density at radius 2 is 1.59 bits per heavy atom. The summed E-state index contributed by atoms with van der Waals surface area (Å²) >= 11 is 0. The van der Waals surface area contributed by atoms with Gasteiger partial charge in [0.25, 0.3) is 0 Å². The van der Waals surface area contributed by atoms with Crippen molar-refractivity contribution < 1.29 is 4.79 Å². The maximum absolute atomic E-state index is 12.1. The zero-order chi connectivity index (χ0) is 13.3. The summed E-state index contributed by atoms with van der Waals surface area (Å²) in [5, 5.41) is 0. The molecule has 0 fully saturated rings. The summed E-state index contributed by atoms with van der Waals surface area (Å²) in [5.41, 5.74) is 1.04. The van der Waals surface area contributed by atoms with Gasteiger partial charge in [0, 0.05) is 13.1 Å². The number of rotatable bonds is 9. The fourth-order valence-corrected chi connectivity index (χ4v) is 1.90. The Morgan fingerprint density at radius 3 is 1.94 bits per heavy atom. The molecule has 0 aliphatic rings. The van der Waals surface area contributed by atoms with Gasteiger partial charge in [-0.2, -0.15) is 0 Å². The first-order valence-corrected chi connectivity index (χ1v) is 6.69. The van der Waals surface area contributed by atoms with E-state index >= 15 is 0 Å². The zero-order valence-electron chi connectivity index (χ0n) is 12.0. The topological polar surface area (TPSA) is 23.6 Å². The van der Waals surface area contributed by atoms with Crippen molar-refractivity contribution in [2.24, 2.45) is 0 Å². The number of likely N-dealkylation sites (N-methyl/N-ethyl adjacent to an activating group) is 1. The predicted molar refractivity (Wildman–Crippen MR) is 74.1 cm³/mol. The first-order chi connectivity index (χ1) is 8.04. The van der Waals surface area contributed by atoms with Crippen LogP contribution >= 0.6 is 0 Å². The Labute approximate surface area is 106 Å². The maximum atomic E-state index is 12.1. The van der Waals surface area contributed by atoms with Crippen LogP contribution in [0.4, 0.5) is 0 Å². The molecular weight excluding hydrogens is 212 g/mol. The molecule has 0 radical (unpaired) electrons. The van der Waals surface area contributed by atoms with Crippen LogP contribution in [0, 0.1) is 0 Å². The molecule has 0 aromatic carbocycles. The van der Waals surface area contributed by atoms with E-state index in [0.717, 1.165) is 38.0 Å². The van der Waals surface area contributed by atoms with Crippen LogP contribution in [0.25, 0.3) is 0 Å². The van der Waals surface area contributed by atoms with E-state index in [4.69, 9.17) is 0 Å². The van der Waals surface area contributed by atoms with Gasteiger partial charge < -0.3 is 4.90 Å². The van der Waals surface area contributed by atoms with Crippen LogP contribution in [-0.2, 0) is 4.79 Å². The van der Waals surface area contributed by atoms with E-state index in [1.807, 2.05) is 18.7 Å². The van der Waals surface area contributed by atoms with Gasteiger partial charge in [0.2, 0.25) is 5.91 Å². The Hall–Kier alpha value is -0.830. The maximum Gasteiger partial charge on any atom is 0.237 e. The van der Waals surface area contributed by atoms with Crippen molar-refractivity contribution in [3.05, 3.63) is 12.2 Å². The molecule has 0 rings (SSSR count). The van der Waals surface area contributed by atoms with Crippen molar-refractivity contribution in [1.29, 1.82) is 0 Å². The second-order valence-electron chi connectivity index (χ2n) is 4.64. The molecule has 3 nitrogen and oxygen atoms in total. The van der Waals surface area contributed by atoms with E-state index in [2.05, 4.69) is 25.3 Å². The molecule has 0 aromatic rings. The lowest BCUT2D eigenvalue weighted by atomic mass is 10.3. The molecule has 0 saturated carbocycles. The van der Waals surface area contributed by atoms with E-state index in [1.54, 1.807) is 0 Å². The summed E-state index contributed by atoms with van der Waals surface area (Å²) in [6, 6.07) is 0. The summed E-state index contributed by atoms with van der Waals surface area (Å²) in [7, 11) is 0. The number of carbonyl (C=O) groups excluding carboxylic acids is 1. The molecule has 0 N–H and O–H groups in total. The number of hydrogen-bond acceptors (Lipinski definition) is 2. The van der Waals surface area contributed by atoms with Crippen molar-refractivity contribution in [3.8, 4) is 0 Å². The summed E-state index contributed by atoms with van der Waals surface area (Å²) in [4.78, 5) is 16.2. The minimum Gasteiger partial charge on any atom is -0.338 e. The molecule has 0 heterocycles. The highest BCUT2D eigenvalue weighted by molar-refractivity contribution is 5.78. The number of amides is 1. The van der Waals surface area contributed by atoms with Gasteiger partial charge in [0.15, 0.2) is 0 Å². The monoisotopic (exact) mass is 240 g/mol. The largest absolute Gasteiger partial charge is 0.338 e. The van der Waals surface area contributed by atoms with Crippen LogP contribution in [0.1, 0.15) is 40.5 Å². The number of carbonyl (C=O) groups is 1. The van der Waals surface area contributed by atoms with Crippen molar-refractivity contribution in [3.63, 3.8) is 0 Å². The molecule has 100 valence electrons. The standard InChI is InChI=1S/C14H28N2O/c1-6-9-15(10-7-2)12-14(17)16(8-3)11-13(4)5/h4,6-12H2,1-3,5H3. The van der Waals surface area contributed by atoms with Crippen LogP contribution < -0.4 is 0 Å².